The number of hydrogen-bond donors (Lipinski definition) is 0. The van der Waals surface area contributed by atoms with Crippen molar-refractivity contribution >= 4 is 28.8 Å². The molecule has 2 heterocycles. The van der Waals surface area contributed by atoms with Crippen molar-refractivity contribution in [3.8, 4) is 0 Å². The summed E-state index contributed by atoms with van der Waals surface area (Å²) in [6.45, 7) is 9.44. The minimum Gasteiger partial charge on any atom is -0.449 e. The third kappa shape index (κ3) is 6.01. The topological polar surface area (TPSA) is 59.1 Å². The highest BCUT2D eigenvalue weighted by molar-refractivity contribution is 6.61. The van der Waals surface area contributed by atoms with Crippen molar-refractivity contribution in [3.63, 3.8) is 0 Å². The van der Waals surface area contributed by atoms with Crippen molar-refractivity contribution < 1.29 is 19.1 Å². The number of halogens is 1. The van der Waals surface area contributed by atoms with Gasteiger partial charge in [-0.3, -0.25) is 0 Å². The molecule has 1 aromatic carbocycles. The van der Waals surface area contributed by atoms with Crippen LogP contribution in [0, 0.1) is 5.41 Å². The van der Waals surface area contributed by atoms with E-state index in [2.05, 4.69) is 17.0 Å². The molecule has 0 radical (unpaired) electrons. The molecule has 0 unspecified atom stereocenters. The predicted octanol–water partition coefficient (Wildman–Crippen LogP) is 5.18. The van der Waals surface area contributed by atoms with E-state index in [0.717, 1.165) is 51.0 Å². The molecule has 2 saturated heterocycles. The highest BCUT2D eigenvalue weighted by atomic mass is 35.5. The summed E-state index contributed by atoms with van der Waals surface area (Å²) in [6, 6.07) is 8.04. The van der Waals surface area contributed by atoms with E-state index >= 15 is 0 Å². The van der Waals surface area contributed by atoms with E-state index in [1.54, 1.807) is 0 Å². The van der Waals surface area contributed by atoms with E-state index < -0.39 is 11.0 Å². The summed E-state index contributed by atoms with van der Waals surface area (Å²) < 4.78 is 10.4. The standard InChI is InChI=1S/C22H31ClN2O4/c1-21(2,3)29-20(27)25-12-4-9-22(16-25)10-13-24(14-11-22)18-7-5-17(6-8-18)15-28-19(23)26/h5-8H,4,9-16H2,1-3H3. The SMILES string of the molecule is CC(C)(C)OC(=O)N1CCCC2(CCN(c3ccc(COC(=O)Cl)cc3)CC2)C1. The van der Waals surface area contributed by atoms with E-state index in [4.69, 9.17) is 21.1 Å². The highest BCUT2D eigenvalue weighted by Crippen LogP contribution is 2.41. The smallest absolute Gasteiger partial charge is 0.410 e. The summed E-state index contributed by atoms with van der Waals surface area (Å²) in [5.74, 6) is 0. The minimum absolute atomic E-state index is 0.187. The average Bonchev–Trinajstić information content (AvgIpc) is 2.66. The number of carbonyl (C=O) groups excluding carboxylic acids is 2. The second kappa shape index (κ2) is 8.82. The molecule has 29 heavy (non-hydrogen) atoms. The van der Waals surface area contributed by atoms with Gasteiger partial charge in [0, 0.05) is 43.5 Å². The fourth-order valence-corrected chi connectivity index (χ4v) is 4.34. The number of benzene rings is 1. The predicted molar refractivity (Wildman–Crippen MR) is 113 cm³/mol. The second-order valence-electron chi connectivity index (χ2n) is 9.19. The van der Waals surface area contributed by atoms with Gasteiger partial charge in [0.15, 0.2) is 0 Å². The van der Waals surface area contributed by atoms with Crippen LogP contribution in [0.25, 0.3) is 0 Å². The van der Waals surface area contributed by atoms with Gasteiger partial charge in [0.1, 0.15) is 12.2 Å². The van der Waals surface area contributed by atoms with Crippen LogP contribution >= 0.6 is 11.6 Å². The lowest BCUT2D eigenvalue weighted by Gasteiger charge is -2.48. The van der Waals surface area contributed by atoms with Gasteiger partial charge in [-0.05, 0) is 69.6 Å². The van der Waals surface area contributed by atoms with Gasteiger partial charge in [-0.15, -0.1) is 0 Å². The molecule has 7 heteroatoms. The molecule has 1 amide bonds. The van der Waals surface area contributed by atoms with Crippen molar-refractivity contribution in [3.05, 3.63) is 29.8 Å². The van der Waals surface area contributed by atoms with Crippen molar-refractivity contribution in [2.24, 2.45) is 5.41 Å². The summed E-state index contributed by atoms with van der Waals surface area (Å²) in [7, 11) is 0. The van der Waals surface area contributed by atoms with E-state index in [1.807, 2.05) is 37.8 Å². The number of hydrogen-bond acceptors (Lipinski definition) is 5. The molecule has 0 aromatic heterocycles. The Bertz CT molecular complexity index is 721. The fourth-order valence-electron chi connectivity index (χ4n) is 4.28. The molecule has 2 aliphatic rings. The Morgan fingerprint density at radius 2 is 1.72 bits per heavy atom. The molecule has 0 aliphatic carbocycles. The lowest BCUT2D eigenvalue weighted by Crippen LogP contribution is -2.52. The third-order valence-electron chi connectivity index (χ3n) is 5.79. The van der Waals surface area contributed by atoms with E-state index in [1.165, 1.54) is 12.1 Å². The second-order valence-corrected chi connectivity index (χ2v) is 9.49. The first-order valence-corrected chi connectivity index (χ1v) is 10.7. The molecule has 1 aromatic rings. The molecule has 0 bridgehead atoms. The number of piperidine rings is 2. The summed E-state index contributed by atoms with van der Waals surface area (Å²) in [5.41, 5.74) is 1.03. The first kappa shape index (κ1) is 21.8. The minimum atomic E-state index is -0.789. The van der Waals surface area contributed by atoms with E-state index in [0.29, 0.717) is 0 Å². The van der Waals surface area contributed by atoms with Crippen molar-refractivity contribution in [1.29, 1.82) is 0 Å². The quantitative estimate of drug-likeness (QED) is 0.628. The zero-order valence-corrected chi connectivity index (χ0v) is 18.3. The number of carbonyl (C=O) groups is 2. The Labute approximate surface area is 178 Å². The van der Waals surface area contributed by atoms with E-state index in [9.17, 15) is 9.59 Å². The zero-order chi connectivity index (χ0) is 21.1. The van der Waals surface area contributed by atoms with Crippen LogP contribution in [0.4, 0.5) is 15.3 Å². The number of ether oxygens (including phenoxy) is 2. The maximum absolute atomic E-state index is 12.5. The van der Waals surface area contributed by atoms with Crippen LogP contribution in [0.3, 0.4) is 0 Å². The molecule has 0 saturated carbocycles. The number of anilines is 1. The Kier molecular flexibility index (Phi) is 6.62. The van der Waals surface area contributed by atoms with Crippen molar-refractivity contribution in [1.82, 2.24) is 4.90 Å². The molecule has 6 nitrogen and oxygen atoms in total. The molecule has 3 rings (SSSR count). The number of amides is 1. The molecule has 0 N–H and O–H groups in total. The van der Waals surface area contributed by atoms with Gasteiger partial charge in [-0.1, -0.05) is 12.1 Å². The fraction of sp³-hybridized carbons (Fsp3) is 0.636. The van der Waals surface area contributed by atoms with Gasteiger partial charge < -0.3 is 19.3 Å². The number of rotatable bonds is 3. The maximum atomic E-state index is 12.5. The lowest BCUT2D eigenvalue weighted by atomic mass is 9.72. The Morgan fingerprint density at radius 3 is 2.31 bits per heavy atom. The van der Waals surface area contributed by atoms with Gasteiger partial charge in [-0.25, -0.2) is 9.59 Å². The Hall–Kier alpha value is -1.95. The van der Waals surface area contributed by atoms with Crippen molar-refractivity contribution in [2.45, 2.75) is 58.7 Å². The summed E-state index contributed by atoms with van der Waals surface area (Å²) >= 11 is 5.21. The zero-order valence-electron chi connectivity index (χ0n) is 17.6. The number of likely N-dealkylation sites (tertiary alicyclic amines) is 1. The van der Waals surface area contributed by atoms with Gasteiger partial charge in [0.25, 0.3) is 0 Å². The van der Waals surface area contributed by atoms with Crippen LogP contribution in [-0.2, 0) is 16.1 Å². The van der Waals surface area contributed by atoms with E-state index in [-0.39, 0.29) is 18.1 Å². The van der Waals surface area contributed by atoms with Crippen molar-refractivity contribution in [2.75, 3.05) is 31.1 Å². The number of nitrogens with zero attached hydrogens (tertiary/aromatic N) is 2. The largest absolute Gasteiger partial charge is 0.449 e. The molecule has 1 spiro atoms. The van der Waals surface area contributed by atoms with Gasteiger partial charge in [-0.2, -0.15) is 0 Å². The molecule has 160 valence electrons. The van der Waals surface area contributed by atoms with Crippen LogP contribution in [0.5, 0.6) is 0 Å². The third-order valence-corrected chi connectivity index (χ3v) is 5.90. The molecule has 2 aliphatic heterocycles. The molecular formula is C22H31ClN2O4. The lowest BCUT2D eigenvalue weighted by molar-refractivity contribution is -0.000526. The molecular weight excluding hydrogens is 392 g/mol. The molecule has 0 atom stereocenters. The van der Waals surface area contributed by atoms with Crippen LogP contribution in [0.1, 0.15) is 52.0 Å². The van der Waals surface area contributed by atoms with Crippen LogP contribution < -0.4 is 4.90 Å². The van der Waals surface area contributed by atoms with Gasteiger partial charge >= 0.3 is 11.5 Å². The summed E-state index contributed by atoms with van der Waals surface area (Å²) in [6.07, 6.45) is 4.15. The van der Waals surface area contributed by atoms with Crippen LogP contribution in [-0.4, -0.2) is 48.2 Å². The molecule has 2 fully saturated rings. The summed E-state index contributed by atoms with van der Waals surface area (Å²) in [4.78, 5) is 27.5. The Balaban J connectivity index is 1.55. The maximum Gasteiger partial charge on any atom is 0.410 e. The first-order valence-electron chi connectivity index (χ1n) is 10.3. The Morgan fingerprint density at radius 1 is 1.07 bits per heavy atom. The average molecular weight is 423 g/mol. The normalized spacial score (nSPS) is 19.2. The summed E-state index contributed by atoms with van der Waals surface area (Å²) in [5, 5.41) is 0. The monoisotopic (exact) mass is 422 g/mol. The highest BCUT2D eigenvalue weighted by Gasteiger charge is 2.40. The van der Waals surface area contributed by atoms with Gasteiger partial charge in [0.2, 0.25) is 0 Å². The van der Waals surface area contributed by atoms with Crippen LogP contribution in [0.2, 0.25) is 0 Å². The van der Waals surface area contributed by atoms with Gasteiger partial charge in [0.05, 0.1) is 0 Å². The first-order chi connectivity index (χ1) is 13.7. The van der Waals surface area contributed by atoms with Crippen LogP contribution in [0.15, 0.2) is 24.3 Å².